The van der Waals surface area contributed by atoms with Crippen molar-refractivity contribution < 1.29 is 14.8 Å². The molecule has 2 N–H and O–H groups in total. The zero-order chi connectivity index (χ0) is 15.4. The summed E-state index contributed by atoms with van der Waals surface area (Å²) in [4.78, 5) is 22.3. The van der Waals surface area contributed by atoms with Crippen LogP contribution in [0.4, 0.5) is 5.69 Å². The van der Waals surface area contributed by atoms with Crippen molar-refractivity contribution in [2.75, 3.05) is 0 Å². The van der Waals surface area contributed by atoms with Gasteiger partial charge < -0.3 is 10.4 Å². The van der Waals surface area contributed by atoms with E-state index in [1.54, 1.807) is 18.2 Å². The lowest BCUT2D eigenvalue weighted by Gasteiger charge is -2.08. The molecule has 0 aliphatic rings. The third-order valence-corrected chi connectivity index (χ3v) is 3.68. The van der Waals surface area contributed by atoms with Crippen molar-refractivity contribution >= 4 is 27.5 Å². The van der Waals surface area contributed by atoms with Crippen LogP contribution in [0, 0.1) is 10.1 Å². The molecule has 2 rings (SSSR count). The summed E-state index contributed by atoms with van der Waals surface area (Å²) in [5.41, 5.74) is 0.553. The highest BCUT2D eigenvalue weighted by molar-refractivity contribution is 9.10. The van der Waals surface area contributed by atoms with E-state index in [2.05, 4.69) is 21.2 Å². The number of para-hydroxylation sites is 1. The number of benzene rings is 2. The number of nitrogens with zero attached hydrogens (tertiary/aromatic N) is 1. The first-order chi connectivity index (χ1) is 10.0. The molecule has 2 aromatic rings. The highest BCUT2D eigenvalue weighted by atomic mass is 79.9. The van der Waals surface area contributed by atoms with E-state index in [-0.39, 0.29) is 28.0 Å². The second-order valence-electron chi connectivity index (χ2n) is 4.21. The molecule has 6 nitrogen and oxygen atoms in total. The van der Waals surface area contributed by atoms with E-state index in [1.165, 1.54) is 24.3 Å². The number of nitro groups is 1. The van der Waals surface area contributed by atoms with Gasteiger partial charge in [-0.25, -0.2) is 0 Å². The molecule has 108 valence electrons. The van der Waals surface area contributed by atoms with Crippen molar-refractivity contribution in [1.82, 2.24) is 5.32 Å². The Balaban J connectivity index is 2.16. The SMILES string of the molecule is O=C(NCc1ccccc1O)c1cccc([N+](=O)[O-])c1Br. The van der Waals surface area contributed by atoms with Gasteiger partial charge in [-0.15, -0.1) is 0 Å². The maximum atomic E-state index is 12.1. The van der Waals surface area contributed by atoms with E-state index in [1.807, 2.05) is 0 Å². The first-order valence-electron chi connectivity index (χ1n) is 5.98. The number of carbonyl (C=O) groups excluding carboxylic acids is 1. The Morgan fingerprint density at radius 1 is 1.24 bits per heavy atom. The van der Waals surface area contributed by atoms with Crippen molar-refractivity contribution in [1.29, 1.82) is 0 Å². The zero-order valence-electron chi connectivity index (χ0n) is 10.7. The molecular formula is C14H11BrN2O4. The van der Waals surface area contributed by atoms with Crippen LogP contribution in [0.15, 0.2) is 46.9 Å². The molecule has 0 saturated carbocycles. The molecule has 21 heavy (non-hydrogen) atoms. The molecule has 0 aliphatic carbocycles. The van der Waals surface area contributed by atoms with Crippen LogP contribution < -0.4 is 5.32 Å². The van der Waals surface area contributed by atoms with E-state index in [9.17, 15) is 20.0 Å². The van der Waals surface area contributed by atoms with Gasteiger partial charge >= 0.3 is 0 Å². The van der Waals surface area contributed by atoms with Crippen LogP contribution in [0.25, 0.3) is 0 Å². The van der Waals surface area contributed by atoms with Crippen LogP contribution in [0.5, 0.6) is 5.75 Å². The van der Waals surface area contributed by atoms with Crippen LogP contribution >= 0.6 is 15.9 Å². The van der Waals surface area contributed by atoms with Gasteiger partial charge in [0.15, 0.2) is 0 Å². The molecule has 0 bridgehead atoms. The molecule has 0 spiro atoms. The fraction of sp³-hybridized carbons (Fsp3) is 0.0714. The first kappa shape index (κ1) is 15.0. The van der Waals surface area contributed by atoms with Crippen LogP contribution in [-0.2, 0) is 6.54 Å². The largest absolute Gasteiger partial charge is 0.508 e. The van der Waals surface area contributed by atoms with Gasteiger partial charge in [0, 0.05) is 18.2 Å². The molecule has 2 aromatic carbocycles. The number of phenols is 1. The fourth-order valence-corrected chi connectivity index (χ4v) is 2.36. The number of aromatic hydroxyl groups is 1. The average molecular weight is 351 g/mol. The topological polar surface area (TPSA) is 92.5 Å². The summed E-state index contributed by atoms with van der Waals surface area (Å²) in [7, 11) is 0. The van der Waals surface area contributed by atoms with Gasteiger partial charge in [0.2, 0.25) is 0 Å². The number of carbonyl (C=O) groups is 1. The molecule has 0 aromatic heterocycles. The normalized spacial score (nSPS) is 10.1. The molecule has 0 fully saturated rings. The monoisotopic (exact) mass is 350 g/mol. The summed E-state index contributed by atoms with van der Waals surface area (Å²) < 4.78 is 0.129. The molecular weight excluding hydrogens is 340 g/mol. The van der Waals surface area contributed by atoms with E-state index in [4.69, 9.17) is 0 Å². The van der Waals surface area contributed by atoms with Gasteiger partial charge in [-0.1, -0.05) is 24.3 Å². The minimum absolute atomic E-state index is 0.0795. The van der Waals surface area contributed by atoms with E-state index in [0.717, 1.165) is 0 Å². The highest BCUT2D eigenvalue weighted by Crippen LogP contribution is 2.28. The molecule has 7 heteroatoms. The number of nitrogens with one attached hydrogen (secondary N) is 1. The van der Waals surface area contributed by atoms with E-state index in [0.29, 0.717) is 5.56 Å². The smallest absolute Gasteiger partial charge is 0.284 e. The number of halogens is 1. The molecule has 0 saturated heterocycles. The summed E-state index contributed by atoms with van der Waals surface area (Å²) in [6.07, 6.45) is 0. The Morgan fingerprint density at radius 2 is 1.95 bits per heavy atom. The van der Waals surface area contributed by atoms with Gasteiger partial charge in [0.05, 0.1) is 10.5 Å². The lowest BCUT2D eigenvalue weighted by molar-refractivity contribution is -0.385. The van der Waals surface area contributed by atoms with E-state index < -0.39 is 10.8 Å². The molecule has 1 amide bonds. The summed E-state index contributed by atoms with van der Waals surface area (Å²) in [5, 5.41) is 23.1. The minimum Gasteiger partial charge on any atom is -0.508 e. The van der Waals surface area contributed by atoms with Crippen molar-refractivity contribution in [3.8, 4) is 5.75 Å². The second kappa shape index (κ2) is 6.36. The molecule has 0 heterocycles. The Bertz CT molecular complexity index is 703. The molecule has 0 aliphatic heterocycles. The third-order valence-electron chi connectivity index (χ3n) is 2.85. The van der Waals surface area contributed by atoms with Gasteiger partial charge in [-0.2, -0.15) is 0 Å². The van der Waals surface area contributed by atoms with Crippen LogP contribution in [0.2, 0.25) is 0 Å². The van der Waals surface area contributed by atoms with Crippen LogP contribution in [0.3, 0.4) is 0 Å². The zero-order valence-corrected chi connectivity index (χ0v) is 12.3. The standard InChI is InChI=1S/C14H11BrN2O4/c15-13-10(5-3-6-11(13)17(20)21)14(19)16-8-9-4-1-2-7-12(9)18/h1-7,18H,8H2,(H,16,19). The Hall–Kier alpha value is -2.41. The third kappa shape index (κ3) is 3.38. The summed E-state index contributed by atoms with van der Waals surface area (Å²) in [5.74, 6) is -0.385. The second-order valence-corrected chi connectivity index (χ2v) is 5.00. The number of hydrogen-bond acceptors (Lipinski definition) is 4. The number of phenolic OH excluding ortho intramolecular Hbond substituents is 1. The maximum absolute atomic E-state index is 12.1. The van der Waals surface area contributed by atoms with Crippen molar-refractivity contribution in [2.24, 2.45) is 0 Å². The summed E-state index contributed by atoms with van der Waals surface area (Å²) in [6, 6.07) is 10.9. The van der Waals surface area contributed by atoms with Gasteiger partial charge in [0.1, 0.15) is 10.2 Å². The number of rotatable bonds is 4. The number of nitro benzene ring substituents is 1. The maximum Gasteiger partial charge on any atom is 0.284 e. The Morgan fingerprint density at radius 3 is 2.62 bits per heavy atom. The molecule has 0 unspecified atom stereocenters. The Labute approximate surface area is 128 Å². The summed E-state index contributed by atoms with van der Waals surface area (Å²) >= 11 is 3.07. The van der Waals surface area contributed by atoms with Crippen LogP contribution in [-0.4, -0.2) is 15.9 Å². The fourth-order valence-electron chi connectivity index (χ4n) is 1.77. The Kier molecular flexibility index (Phi) is 4.54. The molecule has 0 radical (unpaired) electrons. The van der Waals surface area contributed by atoms with Crippen molar-refractivity contribution in [2.45, 2.75) is 6.54 Å². The number of amides is 1. The van der Waals surface area contributed by atoms with Crippen molar-refractivity contribution in [3.63, 3.8) is 0 Å². The van der Waals surface area contributed by atoms with Gasteiger partial charge in [-0.3, -0.25) is 14.9 Å². The first-order valence-corrected chi connectivity index (χ1v) is 6.78. The summed E-state index contributed by atoms with van der Waals surface area (Å²) in [6.45, 7) is 0.126. The van der Waals surface area contributed by atoms with E-state index >= 15 is 0 Å². The highest BCUT2D eigenvalue weighted by Gasteiger charge is 2.19. The quantitative estimate of drug-likeness (QED) is 0.654. The lowest BCUT2D eigenvalue weighted by atomic mass is 10.1. The van der Waals surface area contributed by atoms with Gasteiger partial charge in [-0.05, 0) is 28.1 Å². The van der Waals surface area contributed by atoms with Gasteiger partial charge in [0.25, 0.3) is 11.6 Å². The average Bonchev–Trinajstić information content (AvgIpc) is 2.46. The predicted molar refractivity (Wildman–Crippen MR) is 80.1 cm³/mol. The lowest BCUT2D eigenvalue weighted by Crippen LogP contribution is -2.23. The van der Waals surface area contributed by atoms with Crippen LogP contribution in [0.1, 0.15) is 15.9 Å². The van der Waals surface area contributed by atoms with Crippen molar-refractivity contribution in [3.05, 3.63) is 68.2 Å². The predicted octanol–water partition coefficient (Wildman–Crippen LogP) is 2.99. The molecule has 0 atom stereocenters. The number of hydrogen-bond donors (Lipinski definition) is 2. The minimum atomic E-state index is -0.566.